The molecule has 0 spiro atoms. The Morgan fingerprint density at radius 3 is 2.25 bits per heavy atom. The molecule has 2 unspecified atom stereocenters. The zero-order chi connectivity index (χ0) is 23.2. The van der Waals surface area contributed by atoms with E-state index < -0.39 is 48.5 Å². The number of fused-ring (bicyclic) bond motifs is 1. The maximum absolute atomic E-state index is 12.9. The van der Waals surface area contributed by atoms with E-state index in [9.17, 15) is 40.5 Å². The summed E-state index contributed by atoms with van der Waals surface area (Å²) in [6, 6.07) is 7.60. The Bertz CT molecular complexity index is 1190. The SMILES string of the molecule is O=c1c(O)c(-c2ccc(O)cc2)oc2cc(O)cc(O[C@@H]3OC(CO)[C@@H](O)[C@H](O)C3O)c12. The monoisotopic (exact) mass is 448 g/mol. The number of phenolic OH excluding ortho intramolecular Hbond substituents is 2. The molecule has 11 nitrogen and oxygen atoms in total. The van der Waals surface area contributed by atoms with Crippen molar-refractivity contribution in [2.75, 3.05) is 6.61 Å². The molecule has 7 N–H and O–H groups in total. The van der Waals surface area contributed by atoms with Crippen molar-refractivity contribution in [2.24, 2.45) is 0 Å². The largest absolute Gasteiger partial charge is 0.508 e. The van der Waals surface area contributed by atoms with Crippen LogP contribution >= 0.6 is 0 Å². The minimum Gasteiger partial charge on any atom is -0.508 e. The molecular formula is C21H20O11. The van der Waals surface area contributed by atoms with Gasteiger partial charge in [0.25, 0.3) is 0 Å². The van der Waals surface area contributed by atoms with Gasteiger partial charge in [0.1, 0.15) is 52.6 Å². The molecule has 11 heteroatoms. The predicted molar refractivity (Wildman–Crippen MR) is 107 cm³/mol. The predicted octanol–water partition coefficient (Wildman–Crippen LogP) is -0.245. The first-order valence-corrected chi connectivity index (χ1v) is 9.50. The lowest BCUT2D eigenvalue weighted by Crippen LogP contribution is -2.60. The van der Waals surface area contributed by atoms with Crippen molar-refractivity contribution in [3.05, 3.63) is 46.6 Å². The summed E-state index contributed by atoms with van der Waals surface area (Å²) in [5.74, 6) is -1.75. The number of hydrogen-bond donors (Lipinski definition) is 7. The van der Waals surface area contributed by atoms with E-state index in [0.29, 0.717) is 0 Å². The van der Waals surface area contributed by atoms with E-state index in [0.717, 1.165) is 12.1 Å². The number of aromatic hydroxyl groups is 3. The zero-order valence-corrected chi connectivity index (χ0v) is 16.3. The van der Waals surface area contributed by atoms with Gasteiger partial charge in [-0.1, -0.05) is 0 Å². The van der Waals surface area contributed by atoms with Gasteiger partial charge in [-0.2, -0.15) is 0 Å². The van der Waals surface area contributed by atoms with Crippen molar-refractivity contribution in [3.63, 3.8) is 0 Å². The minimum absolute atomic E-state index is 0.0377. The Morgan fingerprint density at radius 2 is 1.59 bits per heavy atom. The molecule has 4 rings (SSSR count). The van der Waals surface area contributed by atoms with E-state index in [2.05, 4.69) is 0 Å². The van der Waals surface area contributed by atoms with Crippen LogP contribution < -0.4 is 10.2 Å². The maximum atomic E-state index is 12.9. The highest BCUT2D eigenvalue weighted by Crippen LogP contribution is 2.37. The third-order valence-corrected chi connectivity index (χ3v) is 5.14. The first-order chi connectivity index (χ1) is 15.2. The summed E-state index contributed by atoms with van der Waals surface area (Å²) >= 11 is 0. The molecule has 0 bridgehead atoms. The molecule has 0 radical (unpaired) electrons. The third-order valence-electron chi connectivity index (χ3n) is 5.14. The van der Waals surface area contributed by atoms with Crippen molar-refractivity contribution in [3.8, 4) is 34.3 Å². The average Bonchev–Trinajstić information content (AvgIpc) is 2.77. The normalized spacial score (nSPS) is 25.7. The number of aliphatic hydroxyl groups is 4. The maximum Gasteiger partial charge on any atom is 0.238 e. The van der Waals surface area contributed by atoms with Crippen LogP contribution in [0.4, 0.5) is 0 Å². The highest BCUT2D eigenvalue weighted by atomic mass is 16.7. The first kappa shape index (κ1) is 21.9. The van der Waals surface area contributed by atoms with Gasteiger partial charge in [-0.3, -0.25) is 4.79 Å². The number of aliphatic hydroxyl groups excluding tert-OH is 4. The van der Waals surface area contributed by atoms with Crippen molar-refractivity contribution in [1.82, 2.24) is 0 Å². The quantitative estimate of drug-likeness (QED) is 0.279. The molecule has 2 heterocycles. The van der Waals surface area contributed by atoms with Crippen molar-refractivity contribution in [1.29, 1.82) is 0 Å². The Hall–Kier alpha value is -3.35. The summed E-state index contributed by atoms with van der Waals surface area (Å²) in [7, 11) is 0. The van der Waals surface area contributed by atoms with Crippen LogP contribution in [0.3, 0.4) is 0 Å². The van der Waals surface area contributed by atoms with Crippen LogP contribution in [0, 0.1) is 0 Å². The second kappa shape index (κ2) is 8.30. The highest BCUT2D eigenvalue weighted by Gasteiger charge is 2.45. The fourth-order valence-electron chi connectivity index (χ4n) is 3.45. The van der Waals surface area contributed by atoms with Gasteiger partial charge in [-0.25, -0.2) is 0 Å². The molecule has 3 aromatic rings. The second-order valence-corrected chi connectivity index (χ2v) is 7.29. The Balaban J connectivity index is 1.80. The van der Waals surface area contributed by atoms with Crippen molar-refractivity contribution in [2.45, 2.75) is 30.7 Å². The van der Waals surface area contributed by atoms with Gasteiger partial charge in [-0.05, 0) is 24.3 Å². The van der Waals surface area contributed by atoms with Crippen molar-refractivity contribution >= 4 is 11.0 Å². The van der Waals surface area contributed by atoms with Crippen LogP contribution in [0.2, 0.25) is 0 Å². The average molecular weight is 448 g/mol. The molecule has 1 aromatic heterocycles. The lowest BCUT2D eigenvalue weighted by molar-refractivity contribution is -0.277. The van der Waals surface area contributed by atoms with E-state index in [1.54, 1.807) is 0 Å². The van der Waals surface area contributed by atoms with Crippen LogP contribution in [-0.4, -0.2) is 73.1 Å². The van der Waals surface area contributed by atoms with Crippen LogP contribution in [-0.2, 0) is 4.74 Å². The van der Waals surface area contributed by atoms with E-state index in [4.69, 9.17) is 13.9 Å². The van der Waals surface area contributed by atoms with Crippen LogP contribution in [0.15, 0.2) is 45.6 Å². The lowest BCUT2D eigenvalue weighted by Gasteiger charge is -2.39. The van der Waals surface area contributed by atoms with Gasteiger partial charge in [0, 0.05) is 17.7 Å². The van der Waals surface area contributed by atoms with Crippen molar-refractivity contribution < 1.29 is 49.6 Å². The van der Waals surface area contributed by atoms with Gasteiger partial charge in [0.05, 0.1) is 6.61 Å². The smallest absolute Gasteiger partial charge is 0.238 e. The highest BCUT2D eigenvalue weighted by molar-refractivity contribution is 5.88. The summed E-state index contributed by atoms with van der Waals surface area (Å²) in [6.07, 6.45) is -7.98. The molecule has 1 aliphatic rings. The molecule has 0 amide bonds. The van der Waals surface area contributed by atoms with E-state index in [-0.39, 0.29) is 39.5 Å². The number of rotatable bonds is 4. The Kier molecular flexibility index (Phi) is 5.67. The summed E-state index contributed by atoms with van der Waals surface area (Å²) in [6.45, 7) is -0.690. The molecule has 32 heavy (non-hydrogen) atoms. The number of benzene rings is 2. The number of phenols is 2. The van der Waals surface area contributed by atoms with Gasteiger partial charge < -0.3 is 49.6 Å². The second-order valence-electron chi connectivity index (χ2n) is 7.29. The van der Waals surface area contributed by atoms with Gasteiger partial charge in [-0.15, -0.1) is 0 Å². The summed E-state index contributed by atoms with van der Waals surface area (Å²) in [5.41, 5.74) is -0.816. The zero-order valence-electron chi connectivity index (χ0n) is 16.3. The van der Waals surface area contributed by atoms with E-state index in [1.807, 2.05) is 0 Å². The van der Waals surface area contributed by atoms with Gasteiger partial charge in [0.2, 0.25) is 17.5 Å². The topological polar surface area (TPSA) is 190 Å². The minimum atomic E-state index is -1.76. The molecule has 2 aromatic carbocycles. The lowest BCUT2D eigenvalue weighted by atomic mass is 9.99. The van der Waals surface area contributed by atoms with Crippen LogP contribution in [0.5, 0.6) is 23.0 Å². The van der Waals surface area contributed by atoms with Crippen LogP contribution in [0.1, 0.15) is 0 Å². The summed E-state index contributed by atoms with van der Waals surface area (Å²) in [5, 5.41) is 69.0. The Labute approximate surface area is 179 Å². The molecule has 0 saturated carbocycles. The standard InChI is InChI=1S/C21H20O11/c22-7-13-15(25)17(27)19(29)21(32-13)31-12-6-10(24)5-11-14(12)16(26)18(28)20(30-11)8-1-3-9(23)4-2-8/h1-6,13,15,17,19,21-25,27-29H,7H2/t13?,15-,17+,19?,21-/m1/s1. The molecular weight excluding hydrogens is 428 g/mol. The van der Waals surface area contributed by atoms with E-state index >= 15 is 0 Å². The van der Waals surface area contributed by atoms with E-state index in [1.165, 1.54) is 24.3 Å². The molecule has 1 aliphatic heterocycles. The molecule has 5 atom stereocenters. The Morgan fingerprint density at radius 1 is 0.906 bits per heavy atom. The molecule has 1 saturated heterocycles. The fourth-order valence-corrected chi connectivity index (χ4v) is 3.45. The summed E-state index contributed by atoms with van der Waals surface area (Å²) in [4.78, 5) is 12.9. The fraction of sp³-hybridized carbons (Fsp3) is 0.286. The van der Waals surface area contributed by atoms with Crippen LogP contribution in [0.25, 0.3) is 22.3 Å². The van der Waals surface area contributed by atoms with Gasteiger partial charge >= 0.3 is 0 Å². The first-order valence-electron chi connectivity index (χ1n) is 9.50. The molecule has 170 valence electrons. The third kappa shape index (κ3) is 3.72. The molecule has 1 fully saturated rings. The van der Waals surface area contributed by atoms with Gasteiger partial charge in [0.15, 0.2) is 5.76 Å². The molecule has 0 aliphatic carbocycles. The number of hydrogen-bond acceptors (Lipinski definition) is 11. The summed E-state index contributed by atoms with van der Waals surface area (Å²) < 4.78 is 16.4. The number of ether oxygens (including phenoxy) is 2.